The number of pyridine rings is 1. The molecule has 0 radical (unpaired) electrons. The largest absolute Gasteiger partial charge is 0.384 e. The monoisotopic (exact) mass is 447 g/mol. The standard InChI is InChI=1S/C23H37N5O2S/c1-10-11-19(26(5)6)27(7)22(30)20-17(14-16-12-13-25-18(24)15-16)21(29)28(20)31(8,9)23(2,3)4/h10-13,15,17,20H,1,14H2,2-9H3,(H2,24,25)/b19-11+/t17-,20?/m1/s1. The van der Waals surface area contributed by atoms with E-state index < -0.39 is 22.2 Å². The summed E-state index contributed by atoms with van der Waals surface area (Å²) < 4.78 is 1.72. The minimum Gasteiger partial charge on any atom is -0.384 e. The first-order chi connectivity index (χ1) is 14.2. The van der Waals surface area contributed by atoms with Crippen LogP contribution in [0.4, 0.5) is 5.82 Å². The molecule has 7 nitrogen and oxygen atoms in total. The van der Waals surface area contributed by atoms with E-state index in [0.29, 0.717) is 12.2 Å². The SMILES string of the molecule is C=C/C=C(\N(C)C)N(C)C(=O)C1[C@@H](Cc2ccnc(N)c2)C(=O)N1S(C)(C)C(C)(C)C. The summed E-state index contributed by atoms with van der Waals surface area (Å²) in [5.74, 6) is 0.618. The van der Waals surface area contributed by atoms with Crippen molar-refractivity contribution in [2.45, 2.75) is 38.0 Å². The van der Waals surface area contributed by atoms with Crippen LogP contribution < -0.4 is 5.73 Å². The van der Waals surface area contributed by atoms with Crippen LogP contribution in [-0.2, 0) is 16.0 Å². The highest BCUT2D eigenvalue weighted by Gasteiger charge is 2.58. The lowest BCUT2D eigenvalue weighted by Crippen LogP contribution is -2.68. The molecule has 1 aliphatic heterocycles. The van der Waals surface area contributed by atoms with Crippen LogP contribution in [0, 0.1) is 5.92 Å². The minimum atomic E-state index is -1.56. The number of likely N-dealkylation sites (N-methyl/N-ethyl adjacent to an activating group) is 1. The van der Waals surface area contributed by atoms with Gasteiger partial charge >= 0.3 is 0 Å². The van der Waals surface area contributed by atoms with E-state index in [0.717, 1.165) is 11.4 Å². The zero-order chi connectivity index (χ0) is 23.7. The molecule has 2 rings (SSSR count). The Morgan fingerprint density at radius 1 is 1.32 bits per heavy atom. The van der Waals surface area contributed by atoms with Gasteiger partial charge in [-0.25, -0.2) is 4.98 Å². The minimum absolute atomic E-state index is 0.0242. The highest BCUT2D eigenvalue weighted by Crippen LogP contribution is 2.61. The van der Waals surface area contributed by atoms with Gasteiger partial charge in [-0.15, -0.1) is 0 Å². The Kier molecular flexibility index (Phi) is 7.15. The van der Waals surface area contributed by atoms with Crippen molar-refractivity contribution >= 4 is 27.8 Å². The first kappa shape index (κ1) is 24.8. The van der Waals surface area contributed by atoms with E-state index in [4.69, 9.17) is 5.73 Å². The Labute approximate surface area is 188 Å². The molecule has 2 heterocycles. The summed E-state index contributed by atoms with van der Waals surface area (Å²) in [5.41, 5.74) is 6.74. The third-order valence-electron chi connectivity index (χ3n) is 6.11. The number of hydrogen-bond donors (Lipinski definition) is 1. The van der Waals surface area contributed by atoms with Crippen LogP contribution in [0.25, 0.3) is 0 Å². The average Bonchev–Trinajstić information content (AvgIpc) is 2.65. The second-order valence-corrected chi connectivity index (χ2v) is 13.6. The molecule has 0 saturated carbocycles. The highest BCUT2D eigenvalue weighted by atomic mass is 32.3. The molecule has 0 bridgehead atoms. The molecular weight excluding hydrogens is 410 g/mol. The number of allylic oxidation sites excluding steroid dienone is 2. The topological polar surface area (TPSA) is 82.8 Å². The fourth-order valence-electron chi connectivity index (χ4n) is 3.64. The number of amides is 2. The van der Waals surface area contributed by atoms with Gasteiger partial charge in [0, 0.05) is 32.1 Å². The van der Waals surface area contributed by atoms with Gasteiger partial charge in [0.1, 0.15) is 17.7 Å². The molecule has 1 saturated heterocycles. The van der Waals surface area contributed by atoms with Gasteiger partial charge in [-0.05, 0) is 42.7 Å². The molecule has 1 fully saturated rings. The van der Waals surface area contributed by atoms with Gasteiger partial charge in [0.05, 0.1) is 5.92 Å². The van der Waals surface area contributed by atoms with Gasteiger partial charge in [-0.2, -0.15) is 10.2 Å². The first-order valence-electron chi connectivity index (χ1n) is 10.3. The molecule has 0 aromatic carbocycles. The molecule has 1 unspecified atom stereocenters. The Bertz CT molecular complexity index is 888. The fraction of sp³-hybridized carbons (Fsp3) is 0.522. The zero-order valence-corrected chi connectivity index (χ0v) is 20.9. The number of nitrogen functional groups attached to an aromatic ring is 1. The Morgan fingerprint density at radius 3 is 2.42 bits per heavy atom. The lowest BCUT2D eigenvalue weighted by atomic mass is 9.84. The fourth-order valence-corrected chi connectivity index (χ4v) is 5.63. The smallest absolute Gasteiger partial charge is 0.252 e. The molecular formula is C23H37N5O2S. The number of nitrogens with zero attached hydrogens (tertiary/aromatic N) is 4. The van der Waals surface area contributed by atoms with E-state index in [-0.39, 0.29) is 16.6 Å². The van der Waals surface area contributed by atoms with Gasteiger partial charge < -0.3 is 10.6 Å². The second-order valence-electron chi connectivity index (χ2n) is 9.45. The van der Waals surface area contributed by atoms with Crippen LogP contribution in [0.15, 0.2) is 42.9 Å². The van der Waals surface area contributed by atoms with Crippen LogP contribution in [-0.4, -0.2) is 75.3 Å². The average molecular weight is 448 g/mol. The van der Waals surface area contributed by atoms with Crippen molar-refractivity contribution in [1.82, 2.24) is 19.1 Å². The number of hydrogen-bond acceptors (Lipinski definition) is 5. The van der Waals surface area contributed by atoms with Gasteiger partial charge in [0.25, 0.3) is 5.91 Å². The van der Waals surface area contributed by atoms with Crippen molar-refractivity contribution in [2.24, 2.45) is 5.92 Å². The summed E-state index contributed by atoms with van der Waals surface area (Å²) >= 11 is 0. The summed E-state index contributed by atoms with van der Waals surface area (Å²) in [6, 6.07) is 3.08. The van der Waals surface area contributed by atoms with Gasteiger partial charge in [0.2, 0.25) is 5.91 Å². The van der Waals surface area contributed by atoms with E-state index in [1.54, 1.807) is 36.4 Å². The van der Waals surface area contributed by atoms with Crippen molar-refractivity contribution < 1.29 is 9.59 Å². The Hall–Kier alpha value is -2.48. The number of nitrogens with two attached hydrogens (primary N) is 1. The van der Waals surface area contributed by atoms with E-state index in [1.165, 1.54) is 0 Å². The third-order valence-corrected chi connectivity index (χ3v) is 10.5. The highest BCUT2D eigenvalue weighted by molar-refractivity contribution is 8.32. The molecule has 2 amide bonds. The van der Waals surface area contributed by atoms with Crippen molar-refractivity contribution in [3.63, 3.8) is 0 Å². The lowest BCUT2D eigenvalue weighted by Gasteiger charge is -2.61. The number of anilines is 1. The lowest BCUT2D eigenvalue weighted by molar-refractivity contribution is -0.157. The Balaban J connectivity index is 2.47. The van der Waals surface area contributed by atoms with Crippen LogP contribution in [0.1, 0.15) is 26.3 Å². The molecule has 1 aromatic rings. The number of β-lactam (4-membered cyclic amide) rings is 1. The van der Waals surface area contributed by atoms with Gasteiger partial charge in [-0.1, -0.05) is 33.4 Å². The normalized spacial score (nSPS) is 20.2. The predicted octanol–water partition coefficient (Wildman–Crippen LogP) is 2.86. The molecule has 0 spiro atoms. The van der Waals surface area contributed by atoms with Crippen molar-refractivity contribution in [3.8, 4) is 0 Å². The third kappa shape index (κ3) is 4.74. The van der Waals surface area contributed by atoms with E-state index >= 15 is 0 Å². The van der Waals surface area contributed by atoms with Crippen molar-refractivity contribution in [3.05, 3.63) is 48.4 Å². The predicted molar refractivity (Wildman–Crippen MR) is 130 cm³/mol. The summed E-state index contributed by atoms with van der Waals surface area (Å²) in [7, 11) is 3.95. The number of carbonyl (C=O) groups is 2. The van der Waals surface area contributed by atoms with E-state index in [9.17, 15) is 9.59 Å². The quantitative estimate of drug-likeness (QED) is 0.513. The maximum atomic E-state index is 13.7. The van der Waals surface area contributed by atoms with Gasteiger partial charge in [0.15, 0.2) is 0 Å². The number of aromatic nitrogens is 1. The van der Waals surface area contributed by atoms with E-state index in [1.807, 2.05) is 29.4 Å². The van der Waals surface area contributed by atoms with Crippen molar-refractivity contribution in [1.29, 1.82) is 0 Å². The second kappa shape index (κ2) is 8.94. The molecule has 172 valence electrons. The number of rotatable bonds is 7. The molecule has 1 aliphatic rings. The number of carbonyl (C=O) groups excluding carboxylic acids is 2. The van der Waals surface area contributed by atoms with Crippen LogP contribution in [0.5, 0.6) is 0 Å². The Morgan fingerprint density at radius 2 is 1.94 bits per heavy atom. The molecule has 8 heteroatoms. The maximum absolute atomic E-state index is 13.7. The molecule has 31 heavy (non-hydrogen) atoms. The molecule has 2 N–H and O–H groups in total. The maximum Gasteiger partial charge on any atom is 0.252 e. The molecule has 1 aromatic heterocycles. The van der Waals surface area contributed by atoms with Crippen LogP contribution in [0.2, 0.25) is 0 Å². The van der Waals surface area contributed by atoms with Crippen molar-refractivity contribution in [2.75, 3.05) is 39.4 Å². The molecule has 0 aliphatic carbocycles. The summed E-state index contributed by atoms with van der Waals surface area (Å²) in [4.78, 5) is 34.7. The van der Waals surface area contributed by atoms with Gasteiger partial charge in [-0.3, -0.25) is 18.8 Å². The summed E-state index contributed by atoms with van der Waals surface area (Å²) in [5, 5.41) is 0. The van der Waals surface area contributed by atoms with Crippen LogP contribution in [0.3, 0.4) is 0 Å². The first-order valence-corrected chi connectivity index (χ1v) is 12.7. The zero-order valence-electron chi connectivity index (χ0n) is 20.0. The molecule has 2 atom stereocenters. The summed E-state index contributed by atoms with van der Waals surface area (Å²) in [6.45, 7) is 10.1. The summed E-state index contributed by atoms with van der Waals surface area (Å²) in [6.07, 6.45) is 9.76. The van der Waals surface area contributed by atoms with E-state index in [2.05, 4.69) is 44.8 Å². The van der Waals surface area contributed by atoms with Crippen LogP contribution >= 0.6 is 10.2 Å².